The lowest BCUT2D eigenvalue weighted by Gasteiger charge is -2.33. The molecule has 3 rings (SSSR count). The normalized spacial score (nSPS) is 19.1. The summed E-state index contributed by atoms with van der Waals surface area (Å²) in [5.41, 5.74) is 2.71. The molecule has 0 spiro atoms. The van der Waals surface area contributed by atoms with Gasteiger partial charge in [-0.3, -0.25) is 0 Å². The fraction of sp³-hybridized carbons (Fsp3) is 0.400. The second kappa shape index (κ2) is 4.58. The molecule has 1 aromatic heterocycles. The van der Waals surface area contributed by atoms with Gasteiger partial charge in [0, 0.05) is 31.8 Å². The fourth-order valence-electron chi connectivity index (χ4n) is 2.76. The summed E-state index contributed by atoms with van der Waals surface area (Å²) in [6.07, 6.45) is 6.13. The predicted octanol–water partition coefficient (Wildman–Crippen LogP) is 2.05. The van der Waals surface area contributed by atoms with E-state index in [1.54, 1.807) is 6.20 Å². The van der Waals surface area contributed by atoms with Crippen LogP contribution in [0.1, 0.15) is 29.3 Å². The smallest absolute Gasteiger partial charge is 0.108 e. The fourth-order valence-corrected chi connectivity index (χ4v) is 2.76. The minimum Gasteiger partial charge on any atom is -0.392 e. The first-order chi connectivity index (χ1) is 8.75. The standard InChI is InChI=1S/C15H18N2O/c1-17-9-8-16-15(17)7-6-14(18)13-10-11-4-2-3-5-12(11)13/h2-5,8-9,13-14,18H,6-7,10H2,1H3. The Morgan fingerprint density at radius 3 is 3.00 bits per heavy atom. The zero-order chi connectivity index (χ0) is 12.5. The Morgan fingerprint density at radius 1 is 1.44 bits per heavy atom. The molecule has 0 radical (unpaired) electrons. The average molecular weight is 242 g/mol. The maximum Gasteiger partial charge on any atom is 0.108 e. The molecule has 0 fully saturated rings. The molecule has 0 aliphatic heterocycles. The van der Waals surface area contributed by atoms with E-state index in [2.05, 4.69) is 29.2 Å². The van der Waals surface area contributed by atoms with Gasteiger partial charge in [-0.25, -0.2) is 4.98 Å². The quantitative estimate of drug-likeness (QED) is 0.891. The van der Waals surface area contributed by atoms with Crippen LogP contribution in [0.4, 0.5) is 0 Å². The van der Waals surface area contributed by atoms with Crippen LogP contribution >= 0.6 is 0 Å². The van der Waals surface area contributed by atoms with Gasteiger partial charge in [-0.15, -0.1) is 0 Å². The van der Waals surface area contributed by atoms with Crippen molar-refractivity contribution in [2.45, 2.75) is 31.3 Å². The summed E-state index contributed by atoms with van der Waals surface area (Å²) in [5, 5.41) is 10.3. The molecule has 2 atom stereocenters. The van der Waals surface area contributed by atoms with Gasteiger partial charge >= 0.3 is 0 Å². The van der Waals surface area contributed by atoms with E-state index in [9.17, 15) is 5.11 Å². The Morgan fingerprint density at radius 2 is 2.28 bits per heavy atom. The van der Waals surface area contributed by atoms with E-state index in [1.165, 1.54) is 11.1 Å². The SMILES string of the molecule is Cn1ccnc1CCC(O)C1Cc2ccccc21. The lowest BCUT2D eigenvalue weighted by atomic mass is 9.73. The van der Waals surface area contributed by atoms with Crippen molar-refractivity contribution in [2.24, 2.45) is 7.05 Å². The third-order valence-corrected chi connectivity index (χ3v) is 3.94. The number of hydrogen-bond donors (Lipinski definition) is 1. The first-order valence-corrected chi connectivity index (χ1v) is 6.48. The molecular weight excluding hydrogens is 224 g/mol. The van der Waals surface area contributed by atoms with Crippen molar-refractivity contribution in [2.75, 3.05) is 0 Å². The van der Waals surface area contributed by atoms with Crippen molar-refractivity contribution >= 4 is 0 Å². The first kappa shape index (κ1) is 11.5. The molecule has 18 heavy (non-hydrogen) atoms. The van der Waals surface area contributed by atoms with Gasteiger partial charge in [0.25, 0.3) is 0 Å². The molecule has 1 aliphatic rings. The number of aromatic nitrogens is 2. The maximum absolute atomic E-state index is 10.3. The number of rotatable bonds is 4. The van der Waals surface area contributed by atoms with Crippen molar-refractivity contribution < 1.29 is 5.11 Å². The Labute approximate surface area is 107 Å². The second-order valence-electron chi connectivity index (χ2n) is 5.07. The summed E-state index contributed by atoms with van der Waals surface area (Å²) < 4.78 is 2.02. The number of hydrogen-bond acceptors (Lipinski definition) is 2. The highest BCUT2D eigenvalue weighted by Gasteiger charge is 2.31. The summed E-state index contributed by atoms with van der Waals surface area (Å²) >= 11 is 0. The van der Waals surface area contributed by atoms with Crippen LogP contribution in [0.5, 0.6) is 0 Å². The molecular formula is C15H18N2O. The molecule has 0 amide bonds. The van der Waals surface area contributed by atoms with Crippen LogP contribution in [-0.2, 0) is 19.9 Å². The molecule has 1 aliphatic carbocycles. The van der Waals surface area contributed by atoms with Gasteiger partial charge in [0.05, 0.1) is 6.10 Å². The summed E-state index contributed by atoms with van der Waals surface area (Å²) in [6, 6.07) is 8.40. The van der Waals surface area contributed by atoms with E-state index in [-0.39, 0.29) is 6.10 Å². The van der Waals surface area contributed by atoms with Crippen LogP contribution in [-0.4, -0.2) is 20.8 Å². The van der Waals surface area contributed by atoms with Crippen molar-refractivity contribution in [1.29, 1.82) is 0 Å². The Hall–Kier alpha value is -1.61. The third-order valence-electron chi connectivity index (χ3n) is 3.94. The van der Waals surface area contributed by atoms with E-state index < -0.39 is 0 Å². The van der Waals surface area contributed by atoms with Crippen LogP contribution in [0.25, 0.3) is 0 Å². The van der Waals surface area contributed by atoms with Crippen LogP contribution in [0.2, 0.25) is 0 Å². The number of imidazole rings is 1. The minimum atomic E-state index is -0.253. The predicted molar refractivity (Wildman–Crippen MR) is 70.4 cm³/mol. The highest BCUT2D eigenvalue weighted by molar-refractivity contribution is 5.40. The summed E-state index contributed by atoms with van der Waals surface area (Å²) in [7, 11) is 1.99. The lowest BCUT2D eigenvalue weighted by molar-refractivity contribution is 0.123. The third kappa shape index (κ3) is 1.95. The van der Waals surface area contributed by atoms with Gasteiger partial charge < -0.3 is 9.67 Å². The van der Waals surface area contributed by atoms with Gasteiger partial charge in [0.2, 0.25) is 0 Å². The Kier molecular flexibility index (Phi) is 2.92. The van der Waals surface area contributed by atoms with E-state index in [1.807, 2.05) is 17.8 Å². The van der Waals surface area contributed by atoms with Crippen molar-refractivity contribution in [1.82, 2.24) is 9.55 Å². The zero-order valence-corrected chi connectivity index (χ0v) is 10.6. The largest absolute Gasteiger partial charge is 0.392 e. The van der Waals surface area contributed by atoms with Gasteiger partial charge in [0.15, 0.2) is 0 Å². The van der Waals surface area contributed by atoms with Crippen LogP contribution in [0.3, 0.4) is 0 Å². The zero-order valence-electron chi connectivity index (χ0n) is 10.6. The van der Waals surface area contributed by atoms with Crippen LogP contribution in [0, 0.1) is 0 Å². The van der Waals surface area contributed by atoms with Crippen LogP contribution in [0.15, 0.2) is 36.7 Å². The number of aliphatic hydroxyl groups is 1. The molecule has 2 aromatic rings. The van der Waals surface area contributed by atoms with Gasteiger partial charge in [-0.2, -0.15) is 0 Å². The molecule has 2 unspecified atom stereocenters. The van der Waals surface area contributed by atoms with E-state index in [0.29, 0.717) is 5.92 Å². The molecule has 3 nitrogen and oxygen atoms in total. The van der Waals surface area contributed by atoms with E-state index >= 15 is 0 Å². The monoisotopic (exact) mass is 242 g/mol. The summed E-state index contributed by atoms with van der Waals surface area (Å²) in [4.78, 5) is 4.29. The number of benzene rings is 1. The Bertz CT molecular complexity index is 547. The van der Waals surface area contributed by atoms with Gasteiger partial charge in [-0.05, 0) is 24.0 Å². The maximum atomic E-state index is 10.3. The molecule has 0 saturated heterocycles. The number of nitrogens with zero attached hydrogens (tertiary/aromatic N) is 2. The second-order valence-corrected chi connectivity index (χ2v) is 5.07. The van der Waals surface area contributed by atoms with Gasteiger partial charge in [-0.1, -0.05) is 24.3 Å². The van der Waals surface area contributed by atoms with Gasteiger partial charge in [0.1, 0.15) is 5.82 Å². The van der Waals surface area contributed by atoms with Crippen molar-refractivity contribution in [3.05, 3.63) is 53.6 Å². The molecule has 1 aromatic carbocycles. The molecule has 3 heteroatoms. The van der Waals surface area contributed by atoms with Crippen molar-refractivity contribution in [3.8, 4) is 0 Å². The minimum absolute atomic E-state index is 0.253. The molecule has 0 bridgehead atoms. The highest BCUT2D eigenvalue weighted by Crippen LogP contribution is 2.38. The number of aryl methyl sites for hydroxylation is 2. The number of fused-ring (bicyclic) bond motifs is 1. The average Bonchev–Trinajstić information content (AvgIpc) is 2.74. The highest BCUT2D eigenvalue weighted by atomic mass is 16.3. The first-order valence-electron chi connectivity index (χ1n) is 6.48. The lowest BCUT2D eigenvalue weighted by Crippen LogP contribution is -2.29. The molecule has 1 N–H and O–H groups in total. The Balaban J connectivity index is 1.61. The van der Waals surface area contributed by atoms with Crippen molar-refractivity contribution in [3.63, 3.8) is 0 Å². The molecule has 1 heterocycles. The topological polar surface area (TPSA) is 38.0 Å². The summed E-state index contributed by atoms with van der Waals surface area (Å²) in [6.45, 7) is 0. The van der Waals surface area contributed by atoms with E-state index in [4.69, 9.17) is 0 Å². The summed E-state index contributed by atoms with van der Waals surface area (Å²) in [5.74, 6) is 1.36. The molecule has 94 valence electrons. The molecule has 0 saturated carbocycles. The number of aliphatic hydroxyl groups excluding tert-OH is 1. The van der Waals surface area contributed by atoms with E-state index in [0.717, 1.165) is 25.1 Å². The van der Waals surface area contributed by atoms with Crippen LogP contribution < -0.4 is 0 Å².